The zero-order valence-electron chi connectivity index (χ0n) is 14.3. The van der Waals surface area contributed by atoms with Crippen LogP contribution in [0.5, 0.6) is 0 Å². The maximum absolute atomic E-state index is 9.58. The number of hydrogen-bond donors (Lipinski definition) is 3. The Morgan fingerprint density at radius 2 is 1.73 bits per heavy atom. The smallest absolute Gasteiger partial charge is 0.405 e. The lowest BCUT2D eigenvalue weighted by molar-refractivity contribution is -0.135. The van der Waals surface area contributed by atoms with Gasteiger partial charge in [-0.1, -0.05) is 59.0 Å². The van der Waals surface area contributed by atoms with Crippen molar-refractivity contribution in [3.05, 3.63) is 12.7 Å². The predicted octanol–water partition coefficient (Wildman–Crippen LogP) is 4.53. The third kappa shape index (κ3) is 23.6. The van der Waals surface area contributed by atoms with Gasteiger partial charge in [0, 0.05) is 0 Å². The van der Waals surface area contributed by atoms with Gasteiger partial charge in [-0.25, -0.2) is 4.79 Å². The van der Waals surface area contributed by atoms with Crippen LogP contribution in [0.25, 0.3) is 0 Å². The average Bonchev–Trinajstić information content (AvgIpc) is 2.90. The van der Waals surface area contributed by atoms with Crippen molar-refractivity contribution in [3.8, 4) is 0 Å². The molecule has 0 atom stereocenters. The first-order valence-electron chi connectivity index (χ1n) is 8.09. The van der Waals surface area contributed by atoms with Crippen LogP contribution in [0.3, 0.4) is 0 Å². The Labute approximate surface area is 134 Å². The number of carboxylic acids is 1. The largest absolute Gasteiger partial charge is 0.480 e. The molecule has 0 aromatic carbocycles. The number of amides is 1. The molecule has 1 fully saturated rings. The first-order chi connectivity index (χ1) is 10.3. The quantitative estimate of drug-likeness (QED) is 0.496. The van der Waals surface area contributed by atoms with Crippen molar-refractivity contribution < 1.29 is 19.8 Å². The summed E-state index contributed by atoms with van der Waals surface area (Å²) < 4.78 is 0. The maximum Gasteiger partial charge on any atom is 0.405 e. The van der Waals surface area contributed by atoms with Gasteiger partial charge in [-0.05, 0) is 24.7 Å². The van der Waals surface area contributed by atoms with Crippen molar-refractivity contribution in [3.63, 3.8) is 0 Å². The van der Waals surface area contributed by atoms with Crippen molar-refractivity contribution >= 4 is 12.1 Å². The molecule has 0 aliphatic heterocycles. The number of allylic oxidation sites excluding steroid dienone is 1. The second-order valence-electron chi connectivity index (χ2n) is 6.15. The van der Waals surface area contributed by atoms with E-state index < -0.39 is 18.6 Å². The van der Waals surface area contributed by atoms with Crippen LogP contribution < -0.4 is 5.32 Å². The minimum atomic E-state index is -1.33. The highest BCUT2D eigenvalue weighted by molar-refractivity contribution is 5.75. The number of rotatable bonds is 6. The third-order valence-corrected chi connectivity index (χ3v) is 2.89. The maximum atomic E-state index is 9.58. The van der Waals surface area contributed by atoms with Gasteiger partial charge in [0.25, 0.3) is 0 Å². The van der Waals surface area contributed by atoms with Crippen LogP contribution in [-0.2, 0) is 4.79 Å². The zero-order valence-corrected chi connectivity index (χ0v) is 14.3. The van der Waals surface area contributed by atoms with Gasteiger partial charge in [0.1, 0.15) is 6.54 Å². The summed E-state index contributed by atoms with van der Waals surface area (Å²) in [4.78, 5) is 19.1. The summed E-state index contributed by atoms with van der Waals surface area (Å²) in [6, 6.07) is 0. The van der Waals surface area contributed by atoms with Crippen molar-refractivity contribution in [1.82, 2.24) is 5.32 Å². The molecule has 1 amide bonds. The molecule has 0 saturated heterocycles. The topological polar surface area (TPSA) is 86.6 Å². The number of carboxylic acid groups (broad SMARTS) is 2. The highest BCUT2D eigenvalue weighted by Crippen LogP contribution is 2.28. The van der Waals surface area contributed by atoms with Crippen LogP contribution in [-0.4, -0.2) is 28.8 Å². The van der Waals surface area contributed by atoms with Crippen LogP contribution in [0.2, 0.25) is 0 Å². The fourth-order valence-electron chi connectivity index (χ4n) is 2.00. The lowest BCUT2D eigenvalue weighted by atomic mass is 10.0. The van der Waals surface area contributed by atoms with Gasteiger partial charge in [-0.15, -0.1) is 6.58 Å². The first-order valence-corrected chi connectivity index (χ1v) is 8.09. The van der Waals surface area contributed by atoms with E-state index >= 15 is 0 Å². The van der Waals surface area contributed by atoms with E-state index in [0.29, 0.717) is 0 Å². The van der Waals surface area contributed by atoms with E-state index in [2.05, 4.69) is 27.4 Å². The van der Waals surface area contributed by atoms with Crippen LogP contribution in [0.1, 0.15) is 65.7 Å². The van der Waals surface area contributed by atoms with Crippen LogP contribution in [0.4, 0.5) is 4.79 Å². The molecule has 130 valence electrons. The van der Waals surface area contributed by atoms with E-state index in [1.54, 1.807) is 5.32 Å². The summed E-state index contributed by atoms with van der Waals surface area (Å²) in [6.45, 7) is 9.68. The second kappa shape index (κ2) is 15.9. The van der Waals surface area contributed by atoms with Crippen LogP contribution in [0.15, 0.2) is 12.7 Å². The normalized spacial score (nSPS) is 13.5. The number of unbranched alkanes of at least 4 members (excludes halogenated alkanes) is 1. The van der Waals surface area contributed by atoms with Crippen molar-refractivity contribution in [2.24, 2.45) is 11.8 Å². The van der Waals surface area contributed by atoms with Crippen molar-refractivity contribution in [2.45, 2.75) is 65.7 Å². The van der Waals surface area contributed by atoms with Gasteiger partial charge in [0.05, 0.1) is 0 Å². The fourth-order valence-corrected chi connectivity index (χ4v) is 2.00. The fraction of sp³-hybridized carbons (Fsp3) is 0.765. The van der Waals surface area contributed by atoms with Crippen molar-refractivity contribution in [1.29, 1.82) is 0 Å². The summed E-state index contributed by atoms with van der Waals surface area (Å²) in [5, 5.41) is 17.3. The summed E-state index contributed by atoms with van der Waals surface area (Å²) in [7, 11) is 0. The molecule has 0 radical (unpaired) electrons. The van der Waals surface area contributed by atoms with E-state index in [1.807, 2.05) is 6.08 Å². The molecule has 3 N–H and O–H groups in total. The Hall–Kier alpha value is -1.52. The number of hydrogen-bond acceptors (Lipinski definition) is 2. The highest BCUT2D eigenvalue weighted by Gasteiger charge is 2.13. The van der Waals surface area contributed by atoms with Gasteiger partial charge in [0.2, 0.25) is 0 Å². The average molecular weight is 315 g/mol. The van der Waals surface area contributed by atoms with Gasteiger partial charge in [-0.2, -0.15) is 0 Å². The molecule has 0 heterocycles. The highest BCUT2D eigenvalue weighted by atomic mass is 16.4. The SMILES string of the molecule is C=CCCCC1CCCC1.CC(C)C.O=C(O)CNC(=O)O. The summed E-state index contributed by atoms with van der Waals surface area (Å²) >= 11 is 0. The lowest BCUT2D eigenvalue weighted by Gasteiger charge is -2.05. The molecular formula is C17H33NO4. The third-order valence-electron chi connectivity index (χ3n) is 2.89. The molecule has 0 bridgehead atoms. The van der Waals surface area contributed by atoms with E-state index in [4.69, 9.17) is 10.2 Å². The number of carbonyl (C=O) groups is 2. The second-order valence-corrected chi connectivity index (χ2v) is 6.15. The monoisotopic (exact) mass is 315 g/mol. The van der Waals surface area contributed by atoms with Gasteiger partial charge in [-0.3, -0.25) is 4.79 Å². The molecular weight excluding hydrogens is 282 g/mol. The molecule has 0 spiro atoms. The Balaban J connectivity index is 0. The van der Waals surface area contributed by atoms with Gasteiger partial charge in [0.15, 0.2) is 0 Å². The number of aliphatic carboxylic acids is 1. The zero-order chi connectivity index (χ0) is 17.4. The minimum absolute atomic E-state index is 0.546. The summed E-state index contributed by atoms with van der Waals surface area (Å²) in [6.07, 6.45) is 10.7. The van der Waals surface area contributed by atoms with Crippen LogP contribution in [0, 0.1) is 11.8 Å². The van der Waals surface area contributed by atoms with Gasteiger partial charge >= 0.3 is 12.1 Å². The molecule has 1 aliphatic carbocycles. The predicted molar refractivity (Wildman–Crippen MR) is 90.2 cm³/mol. The lowest BCUT2D eigenvalue weighted by Crippen LogP contribution is -2.27. The molecule has 1 aliphatic rings. The van der Waals surface area contributed by atoms with E-state index in [9.17, 15) is 9.59 Å². The van der Waals surface area contributed by atoms with E-state index in [1.165, 1.54) is 44.9 Å². The van der Waals surface area contributed by atoms with E-state index in [-0.39, 0.29) is 0 Å². The molecule has 22 heavy (non-hydrogen) atoms. The Morgan fingerprint density at radius 3 is 2.05 bits per heavy atom. The molecule has 5 heteroatoms. The van der Waals surface area contributed by atoms with Crippen molar-refractivity contribution in [2.75, 3.05) is 6.54 Å². The number of nitrogens with one attached hydrogen (secondary N) is 1. The van der Waals surface area contributed by atoms with E-state index in [0.717, 1.165) is 11.8 Å². The molecule has 0 aromatic heterocycles. The molecule has 1 rings (SSSR count). The summed E-state index contributed by atoms with van der Waals surface area (Å²) in [5.74, 6) is 0.715. The molecule has 0 aromatic rings. The standard InChI is InChI=1S/C10H18.C4H10.C3H5NO4/c1-2-3-4-7-10-8-5-6-9-10;1-4(2)3;5-2(6)1-4-3(7)8/h2,10H,1,3-9H2;4H,1-3H3;4H,1H2,(H,5,6)(H,7,8). The Kier molecular flexibility index (Phi) is 16.4. The van der Waals surface area contributed by atoms with Gasteiger partial charge < -0.3 is 15.5 Å². The molecule has 0 unspecified atom stereocenters. The first kappa shape index (κ1) is 22.8. The minimum Gasteiger partial charge on any atom is -0.480 e. The Bertz CT molecular complexity index is 280. The Morgan fingerprint density at radius 1 is 1.23 bits per heavy atom. The van der Waals surface area contributed by atoms with Crippen LogP contribution >= 0.6 is 0 Å². The molecule has 5 nitrogen and oxygen atoms in total. The molecule has 1 saturated carbocycles. The summed E-state index contributed by atoms with van der Waals surface area (Å²) in [5.41, 5.74) is 0.